The van der Waals surface area contributed by atoms with Crippen LogP contribution in [0.5, 0.6) is 0 Å². The monoisotopic (exact) mass is 536 g/mol. The first-order chi connectivity index (χ1) is 18.4. The number of nitrogens with zero attached hydrogens (tertiary/aromatic N) is 2. The predicted molar refractivity (Wildman–Crippen MR) is 155 cm³/mol. The fraction of sp³-hybridized carbons (Fsp3) is 0.533. The van der Waals surface area contributed by atoms with Gasteiger partial charge in [-0.25, -0.2) is 5.43 Å². The lowest BCUT2D eigenvalue weighted by Crippen LogP contribution is -2.61. The second-order valence-electron chi connectivity index (χ2n) is 11.5. The molecule has 0 bridgehead atoms. The zero-order valence-corrected chi connectivity index (χ0v) is 24.1. The minimum atomic E-state index is -0.750. The third-order valence-electron chi connectivity index (χ3n) is 7.17. The number of aryl methyl sites for hydroxylation is 1. The summed E-state index contributed by atoms with van der Waals surface area (Å²) in [5.74, 6) is -1.02. The minimum Gasteiger partial charge on any atom is -0.368 e. The summed E-state index contributed by atoms with van der Waals surface area (Å²) < 4.78 is 0. The van der Waals surface area contributed by atoms with Gasteiger partial charge in [0.05, 0.1) is 11.7 Å². The zero-order valence-electron chi connectivity index (χ0n) is 24.1. The van der Waals surface area contributed by atoms with Gasteiger partial charge in [-0.2, -0.15) is 0 Å². The number of primary amides is 1. The summed E-state index contributed by atoms with van der Waals surface area (Å²) in [6.07, 6.45) is 8.27. The number of pyridine rings is 1. The SMILES string of the molecule is CCc1ccc2cnc(/C=C/C(C)(C)CNC(C(=O)N[C@@H](C)C(=O)N3CCC[C@@H](C(N)=O)N3)C(C)C)cc2c1. The first kappa shape index (κ1) is 30.2. The van der Waals surface area contributed by atoms with Crippen molar-refractivity contribution in [2.45, 2.75) is 78.9 Å². The maximum Gasteiger partial charge on any atom is 0.258 e. The maximum absolute atomic E-state index is 13.2. The molecule has 3 rings (SSSR count). The number of hydrogen-bond acceptors (Lipinski definition) is 6. The van der Waals surface area contributed by atoms with Crippen LogP contribution in [0.15, 0.2) is 36.5 Å². The first-order valence-corrected chi connectivity index (χ1v) is 13.9. The largest absolute Gasteiger partial charge is 0.368 e. The lowest BCUT2D eigenvalue weighted by atomic mass is 9.91. The van der Waals surface area contributed by atoms with Gasteiger partial charge in [-0.1, -0.05) is 58.9 Å². The van der Waals surface area contributed by atoms with Crippen LogP contribution in [-0.2, 0) is 20.8 Å². The summed E-state index contributed by atoms with van der Waals surface area (Å²) in [7, 11) is 0. The van der Waals surface area contributed by atoms with Crippen LogP contribution in [0.1, 0.15) is 65.6 Å². The van der Waals surface area contributed by atoms with Crippen molar-refractivity contribution in [1.82, 2.24) is 26.1 Å². The Morgan fingerprint density at radius 3 is 2.62 bits per heavy atom. The van der Waals surface area contributed by atoms with Crippen molar-refractivity contribution in [3.8, 4) is 0 Å². The van der Waals surface area contributed by atoms with Crippen molar-refractivity contribution in [2.75, 3.05) is 13.1 Å². The smallest absolute Gasteiger partial charge is 0.258 e. The molecule has 3 atom stereocenters. The highest BCUT2D eigenvalue weighted by molar-refractivity contribution is 5.90. The Morgan fingerprint density at radius 1 is 1.21 bits per heavy atom. The number of benzene rings is 1. The van der Waals surface area contributed by atoms with Crippen molar-refractivity contribution >= 4 is 34.6 Å². The summed E-state index contributed by atoms with van der Waals surface area (Å²) in [5.41, 5.74) is 10.2. The van der Waals surface area contributed by atoms with E-state index in [1.165, 1.54) is 16.0 Å². The molecule has 0 aliphatic carbocycles. The lowest BCUT2D eigenvalue weighted by molar-refractivity contribution is -0.142. The fourth-order valence-corrected chi connectivity index (χ4v) is 4.64. The number of aromatic nitrogens is 1. The van der Waals surface area contributed by atoms with Crippen LogP contribution in [0, 0.1) is 11.3 Å². The number of hydrogen-bond donors (Lipinski definition) is 4. The van der Waals surface area contributed by atoms with Gasteiger partial charge in [-0.15, -0.1) is 0 Å². The molecular weight excluding hydrogens is 492 g/mol. The lowest BCUT2D eigenvalue weighted by Gasteiger charge is -2.34. The Balaban J connectivity index is 1.59. The van der Waals surface area contributed by atoms with E-state index >= 15 is 0 Å². The van der Waals surface area contributed by atoms with Gasteiger partial charge >= 0.3 is 0 Å². The van der Waals surface area contributed by atoms with E-state index in [0.29, 0.717) is 25.9 Å². The van der Waals surface area contributed by atoms with Crippen LogP contribution in [-0.4, -0.2) is 58.9 Å². The summed E-state index contributed by atoms with van der Waals surface area (Å²) in [6, 6.07) is 6.73. The fourth-order valence-electron chi connectivity index (χ4n) is 4.64. The number of hydrazine groups is 1. The summed E-state index contributed by atoms with van der Waals surface area (Å²) in [5, 5.41) is 9.92. The highest BCUT2D eigenvalue weighted by atomic mass is 16.2. The molecule has 2 aromatic rings. The molecule has 3 amide bonds. The van der Waals surface area contributed by atoms with E-state index in [0.717, 1.165) is 17.5 Å². The van der Waals surface area contributed by atoms with E-state index in [2.05, 4.69) is 72.2 Å². The zero-order chi connectivity index (χ0) is 28.7. The van der Waals surface area contributed by atoms with Crippen LogP contribution in [0.25, 0.3) is 16.8 Å². The average molecular weight is 537 g/mol. The molecule has 1 aromatic carbocycles. The summed E-state index contributed by atoms with van der Waals surface area (Å²) in [6.45, 7) is 13.0. The summed E-state index contributed by atoms with van der Waals surface area (Å²) in [4.78, 5) is 42.2. The standard InChI is InChI=1S/C30H44N6O3/c1-7-21-10-11-22-17-32-24(16-23(22)15-21)12-13-30(5,6)18-33-26(19(2)3)28(38)34-20(4)29(39)36-14-8-9-25(35-36)27(31)37/h10-13,15-17,19-20,25-26,33,35H,7-9,14,18H2,1-6H3,(H2,31,37)(H,34,38)/b13-12+/t20-,25-,26?/m0/s1. The Bertz CT molecular complexity index is 1210. The van der Waals surface area contributed by atoms with E-state index in [1.807, 2.05) is 26.1 Å². The van der Waals surface area contributed by atoms with E-state index in [1.54, 1.807) is 6.92 Å². The Labute approximate surface area is 232 Å². The van der Waals surface area contributed by atoms with Crippen molar-refractivity contribution in [3.63, 3.8) is 0 Å². The normalized spacial score (nSPS) is 17.9. The molecule has 5 N–H and O–H groups in total. The van der Waals surface area contributed by atoms with E-state index < -0.39 is 24.0 Å². The quantitative estimate of drug-likeness (QED) is 0.350. The second-order valence-corrected chi connectivity index (χ2v) is 11.5. The second kappa shape index (κ2) is 13.2. The predicted octanol–water partition coefficient (Wildman–Crippen LogP) is 2.94. The van der Waals surface area contributed by atoms with E-state index in [-0.39, 0.29) is 23.1 Å². The van der Waals surface area contributed by atoms with Crippen LogP contribution in [0.4, 0.5) is 0 Å². The van der Waals surface area contributed by atoms with E-state index in [9.17, 15) is 14.4 Å². The molecular formula is C30H44N6O3. The van der Waals surface area contributed by atoms with Gasteiger partial charge in [0, 0.05) is 24.7 Å². The molecule has 9 heteroatoms. The van der Waals surface area contributed by atoms with Gasteiger partial charge in [-0.3, -0.25) is 24.4 Å². The molecule has 0 saturated carbocycles. The van der Waals surface area contributed by atoms with Crippen molar-refractivity contribution in [3.05, 3.63) is 47.8 Å². The van der Waals surface area contributed by atoms with Gasteiger partial charge in [0.2, 0.25) is 11.8 Å². The molecule has 1 aliphatic rings. The first-order valence-electron chi connectivity index (χ1n) is 13.9. The Kier molecular flexibility index (Phi) is 10.2. The number of nitrogens with one attached hydrogen (secondary N) is 3. The van der Waals surface area contributed by atoms with Gasteiger partial charge in [0.25, 0.3) is 5.91 Å². The number of rotatable bonds is 11. The third-order valence-corrected chi connectivity index (χ3v) is 7.17. The van der Waals surface area contributed by atoms with Crippen molar-refractivity contribution < 1.29 is 14.4 Å². The van der Waals surface area contributed by atoms with Crippen molar-refractivity contribution in [2.24, 2.45) is 17.1 Å². The van der Waals surface area contributed by atoms with Crippen LogP contribution in [0.3, 0.4) is 0 Å². The van der Waals surface area contributed by atoms with Crippen LogP contribution < -0.4 is 21.8 Å². The van der Waals surface area contributed by atoms with Gasteiger partial charge in [0.15, 0.2) is 0 Å². The minimum absolute atomic E-state index is 0.00866. The number of fused-ring (bicyclic) bond motifs is 1. The topological polar surface area (TPSA) is 129 Å². The van der Waals surface area contributed by atoms with Crippen LogP contribution in [0.2, 0.25) is 0 Å². The van der Waals surface area contributed by atoms with E-state index in [4.69, 9.17) is 5.73 Å². The average Bonchev–Trinajstić information content (AvgIpc) is 2.90. The number of carbonyl (C=O) groups is 3. The summed E-state index contributed by atoms with van der Waals surface area (Å²) >= 11 is 0. The molecule has 1 fully saturated rings. The molecule has 39 heavy (non-hydrogen) atoms. The molecule has 2 heterocycles. The molecule has 9 nitrogen and oxygen atoms in total. The van der Waals surface area contributed by atoms with Gasteiger partial charge in [-0.05, 0) is 60.6 Å². The number of nitrogens with two attached hydrogens (primary N) is 1. The molecule has 0 spiro atoms. The highest BCUT2D eigenvalue weighted by Crippen LogP contribution is 2.21. The molecule has 1 aliphatic heterocycles. The number of amides is 3. The van der Waals surface area contributed by atoms with Crippen LogP contribution >= 0.6 is 0 Å². The maximum atomic E-state index is 13.2. The Morgan fingerprint density at radius 2 is 1.95 bits per heavy atom. The molecule has 1 saturated heterocycles. The molecule has 212 valence electrons. The van der Waals surface area contributed by atoms with Gasteiger partial charge in [0.1, 0.15) is 12.1 Å². The van der Waals surface area contributed by atoms with Crippen molar-refractivity contribution in [1.29, 1.82) is 0 Å². The molecule has 1 unspecified atom stereocenters. The molecule has 1 aromatic heterocycles. The van der Waals surface area contributed by atoms with Gasteiger partial charge < -0.3 is 16.4 Å². The highest BCUT2D eigenvalue weighted by Gasteiger charge is 2.31. The Hall–Kier alpha value is -3.30. The number of carbonyl (C=O) groups excluding carboxylic acids is 3. The molecule has 0 radical (unpaired) electrons. The third kappa shape index (κ3) is 8.34.